The lowest BCUT2D eigenvalue weighted by Gasteiger charge is -2.32. The minimum Gasteiger partial charge on any atom is -0.399 e. The van der Waals surface area contributed by atoms with Gasteiger partial charge in [0.05, 0.1) is 34.0 Å². The van der Waals surface area contributed by atoms with Gasteiger partial charge in [0, 0.05) is 86.9 Å². The molecule has 0 bridgehead atoms. The molecule has 6 aromatic carbocycles. The van der Waals surface area contributed by atoms with Crippen molar-refractivity contribution < 1.29 is 10.7 Å². The molecule has 12 nitrogen and oxygen atoms in total. The summed E-state index contributed by atoms with van der Waals surface area (Å²) >= 11 is 3.43. The summed E-state index contributed by atoms with van der Waals surface area (Å²) in [4.78, 5) is 29.3. The summed E-state index contributed by atoms with van der Waals surface area (Å²) in [6.07, 6.45) is 12.2. The standard InChI is InChI=1S/C33H21N5.C26H24BN3O2.C13H9BrN2.H2/c1-2-11-27-26(10-1)31(36-33-32(27)35-30-13-4-6-19-38(30)33)25-9-7-8-24(20-25)22-14-16-23(17-15-22)28-21-37-18-5-3-12-29(37)34-28;1-25(2)26(3,4)32-27(31-25)18-11-9-10-17(16-18)22-19-12-5-6-13-20(19)23-24(29-22)30-15-8-7-14-21(30)28-23;14-11-6-4-10(5-7-11)12-9-16-8-2-1-3-13(16)15-12;/h1-21H;5-16H,1-4H3;1-9H;1H/i;;;1+1. The number of halogens is 1. The average Bonchev–Trinajstić information content (AvgIpc) is 3.41. The summed E-state index contributed by atoms with van der Waals surface area (Å²) in [5.41, 5.74) is 18.0. The van der Waals surface area contributed by atoms with Crippen LogP contribution < -0.4 is 5.46 Å². The molecule has 0 aliphatic carbocycles. The molecule has 416 valence electrons. The zero-order valence-electron chi connectivity index (χ0n) is 47.5. The van der Waals surface area contributed by atoms with Crippen LogP contribution in [0.4, 0.5) is 0 Å². The Morgan fingerprint density at radius 2 is 0.791 bits per heavy atom. The molecular formula is C72H56BBrN10O2. The highest BCUT2D eigenvalue weighted by Crippen LogP contribution is 2.39. The van der Waals surface area contributed by atoms with Crippen LogP contribution in [0.1, 0.15) is 29.1 Å². The maximum Gasteiger partial charge on any atom is 0.494 e. The minimum atomic E-state index is -0.411. The van der Waals surface area contributed by atoms with E-state index in [1.165, 1.54) is 0 Å². The third-order valence-electron chi connectivity index (χ3n) is 16.5. The number of pyridine rings is 6. The lowest BCUT2D eigenvalue weighted by atomic mass is 9.78. The zero-order chi connectivity index (χ0) is 58.1. The molecule has 0 atom stereocenters. The molecule has 11 heterocycles. The van der Waals surface area contributed by atoms with Crippen LogP contribution in [0.2, 0.25) is 0 Å². The highest BCUT2D eigenvalue weighted by atomic mass is 79.9. The second kappa shape index (κ2) is 21.2. The minimum absolute atomic E-state index is 0. The van der Waals surface area contributed by atoms with E-state index < -0.39 is 7.12 Å². The van der Waals surface area contributed by atoms with Crippen LogP contribution in [0.15, 0.2) is 260 Å². The molecule has 1 aliphatic heterocycles. The van der Waals surface area contributed by atoms with Crippen molar-refractivity contribution in [3.8, 4) is 56.2 Å². The Bertz CT molecular complexity index is 5170. The van der Waals surface area contributed by atoms with Crippen molar-refractivity contribution in [2.75, 3.05) is 0 Å². The molecule has 0 N–H and O–H groups in total. The molecule has 0 unspecified atom stereocenters. The average molecular weight is 1190 g/mol. The Kier molecular flexibility index (Phi) is 13.0. The summed E-state index contributed by atoms with van der Waals surface area (Å²) in [7, 11) is -0.411. The van der Waals surface area contributed by atoms with E-state index in [-0.39, 0.29) is 12.6 Å². The van der Waals surface area contributed by atoms with E-state index in [1.807, 2.05) is 141 Å². The van der Waals surface area contributed by atoms with Crippen LogP contribution in [0.5, 0.6) is 0 Å². The smallest absolute Gasteiger partial charge is 0.399 e. The number of nitrogens with zero attached hydrogens (tertiary/aromatic N) is 10. The predicted octanol–water partition coefficient (Wildman–Crippen LogP) is 16.7. The first-order valence-electron chi connectivity index (χ1n) is 28.6. The molecule has 1 fully saturated rings. The number of fused-ring (bicyclic) bond motifs is 12. The van der Waals surface area contributed by atoms with Gasteiger partial charge >= 0.3 is 7.12 Å². The van der Waals surface area contributed by atoms with Crippen molar-refractivity contribution in [1.82, 2.24) is 47.5 Å². The van der Waals surface area contributed by atoms with Gasteiger partial charge in [-0.25, -0.2) is 29.9 Å². The monoisotopic (exact) mass is 1180 g/mol. The van der Waals surface area contributed by atoms with Crippen LogP contribution in [0.3, 0.4) is 0 Å². The molecule has 86 heavy (non-hydrogen) atoms. The summed E-state index contributed by atoms with van der Waals surface area (Å²) in [5.74, 6) is 0. The first-order chi connectivity index (χ1) is 42.0. The van der Waals surface area contributed by atoms with Gasteiger partial charge in [0.2, 0.25) is 0 Å². The molecule has 1 saturated heterocycles. The molecule has 17 rings (SSSR count). The Balaban J connectivity index is 0.000000123. The highest BCUT2D eigenvalue weighted by Gasteiger charge is 2.51. The highest BCUT2D eigenvalue weighted by molar-refractivity contribution is 9.10. The van der Waals surface area contributed by atoms with E-state index >= 15 is 0 Å². The maximum absolute atomic E-state index is 6.29. The van der Waals surface area contributed by atoms with E-state index in [4.69, 9.17) is 34.2 Å². The van der Waals surface area contributed by atoms with Gasteiger partial charge in [0.15, 0.2) is 11.3 Å². The van der Waals surface area contributed by atoms with Crippen LogP contribution in [0.25, 0.3) is 123 Å². The quantitative estimate of drug-likeness (QED) is 0.151. The molecule has 0 radical (unpaired) electrons. The lowest BCUT2D eigenvalue weighted by Crippen LogP contribution is -2.41. The molecule has 1 aliphatic rings. The van der Waals surface area contributed by atoms with Crippen LogP contribution in [-0.2, 0) is 9.31 Å². The number of aromatic nitrogens is 10. The fourth-order valence-electron chi connectivity index (χ4n) is 11.4. The summed E-state index contributed by atoms with van der Waals surface area (Å²) in [5, 5.41) is 4.38. The number of hydrogen-bond donors (Lipinski definition) is 0. The lowest BCUT2D eigenvalue weighted by molar-refractivity contribution is 0.00578. The Hall–Kier alpha value is -10.1. The number of rotatable bonds is 6. The van der Waals surface area contributed by atoms with Crippen LogP contribution >= 0.6 is 15.9 Å². The molecule has 0 spiro atoms. The Morgan fingerprint density at radius 3 is 1.30 bits per heavy atom. The molecule has 16 aromatic rings. The van der Waals surface area contributed by atoms with Gasteiger partial charge in [0.1, 0.15) is 33.6 Å². The number of benzene rings is 6. The van der Waals surface area contributed by atoms with Crippen LogP contribution in [0, 0.1) is 0 Å². The third-order valence-corrected chi connectivity index (χ3v) is 17.1. The van der Waals surface area contributed by atoms with Crippen molar-refractivity contribution in [2.24, 2.45) is 0 Å². The molecule has 10 aromatic heterocycles. The second-order valence-corrected chi connectivity index (χ2v) is 23.4. The van der Waals surface area contributed by atoms with Crippen molar-refractivity contribution in [2.45, 2.75) is 38.9 Å². The fourth-order valence-corrected chi connectivity index (χ4v) is 11.6. The van der Waals surface area contributed by atoms with Gasteiger partial charge < -0.3 is 18.1 Å². The summed E-state index contributed by atoms with van der Waals surface area (Å²) in [6.45, 7) is 8.30. The van der Waals surface area contributed by atoms with Gasteiger partial charge in [0.25, 0.3) is 0 Å². The van der Waals surface area contributed by atoms with E-state index in [2.05, 4.69) is 181 Å². The molecular weight excluding hydrogens is 1130 g/mol. The van der Waals surface area contributed by atoms with Gasteiger partial charge in [-0.2, -0.15) is 0 Å². The summed E-state index contributed by atoms with van der Waals surface area (Å²) < 4.78 is 21.8. The van der Waals surface area contributed by atoms with E-state index in [9.17, 15) is 0 Å². The number of hydrogen-bond acceptors (Lipinski definition) is 8. The molecule has 0 saturated carbocycles. The maximum atomic E-state index is 6.29. The topological polar surface area (TPSA) is 113 Å². The van der Waals surface area contributed by atoms with Gasteiger partial charge in [-0.3, -0.25) is 8.80 Å². The van der Waals surface area contributed by atoms with Crippen molar-refractivity contribution in [1.29, 1.82) is 0 Å². The zero-order valence-corrected chi connectivity index (χ0v) is 49.1. The van der Waals surface area contributed by atoms with Crippen molar-refractivity contribution in [3.63, 3.8) is 0 Å². The Labute approximate surface area is 505 Å². The molecule has 14 heteroatoms. The van der Waals surface area contributed by atoms with Crippen LogP contribution in [-0.4, -0.2) is 65.8 Å². The SMILES string of the molecule is Brc1ccc(-c2cn3ccccc3n2)cc1.CC1(C)OB(c2cccc(-c3nc4c(nc5ccccn54)c4ccccc34)c2)OC1(C)C.[2HH].c1cc(-c2ccc(-c3cn4ccccc4n3)cc2)cc(-c2nc3c(nc4ccccn43)c3ccccc23)c1. The molecule has 0 amide bonds. The number of imidazole rings is 4. The van der Waals surface area contributed by atoms with Gasteiger partial charge in [-0.05, 0) is 111 Å². The summed E-state index contributed by atoms with van der Waals surface area (Å²) in [6, 6.07) is 74.6. The van der Waals surface area contributed by atoms with E-state index in [1.54, 1.807) is 0 Å². The van der Waals surface area contributed by atoms with Crippen molar-refractivity contribution in [3.05, 3.63) is 260 Å². The predicted molar refractivity (Wildman–Crippen MR) is 353 cm³/mol. The van der Waals surface area contributed by atoms with Gasteiger partial charge in [-0.15, -0.1) is 0 Å². The largest absolute Gasteiger partial charge is 0.494 e. The normalized spacial score (nSPS) is 13.7. The third kappa shape index (κ3) is 9.54. The van der Waals surface area contributed by atoms with Crippen molar-refractivity contribution >= 4 is 95.0 Å². The van der Waals surface area contributed by atoms with Gasteiger partial charge in [-0.1, -0.05) is 168 Å². The first kappa shape index (κ1) is 52.7. The first-order valence-corrected chi connectivity index (χ1v) is 29.4. The Morgan fingerprint density at radius 1 is 0.372 bits per heavy atom. The van der Waals surface area contributed by atoms with E-state index in [0.717, 1.165) is 133 Å². The van der Waals surface area contributed by atoms with E-state index in [0.29, 0.717) is 0 Å². The fraction of sp³-hybridized carbons (Fsp3) is 0.0833. The second-order valence-electron chi connectivity index (χ2n) is 22.5.